The summed E-state index contributed by atoms with van der Waals surface area (Å²) in [4.78, 5) is 19.5. The van der Waals surface area contributed by atoms with E-state index in [1.807, 2.05) is 0 Å². The molecule has 2 aliphatic heterocycles. The van der Waals surface area contributed by atoms with Crippen LogP contribution in [-0.4, -0.2) is 69.2 Å². The number of sulfonamides is 1. The quantitative estimate of drug-likeness (QED) is 0.329. The van der Waals surface area contributed by atoms with E-state index in [2.05, 4.69) is 29.0 Å². The third-order valence-corrected chi connectivity index (χ3v) is 8.63. The minimum absolute atomic E-state index is 0.0944. The molecule has 11 nitrogen and oxygen atoms in total. The number of oxazole rings is 1. The van der Waals surface area contributed by atoms with Crippen LogP contribution in [0, 0.1) is 24.7 Å². The molecule has 0 spiro atoms. The summed E-state index contributed by atoms with van der Waals surface area (Å²) in [5.41, 5.74) is 1.03. The molecule has 2 saturated heterocycles. The second-order valence-electron chi connectivity index (χ2n) is 10.6. The van der Waals surface area contributed by atoms with Gasteiger partial charge in [-0.1, -0.05) is 13.8 Å². The average Bonchev–Trinajstić information content (AvgIpc) is 3.36. The predicted octanol–water partition coefficient (Wildman–Crippen LogP) is 2.94. The number of rotatable bonds is 11. The van der Waals surface area contributed by atoms with Crippen molar-refractivity contribution in [3.63, 3.8) is 0 Å². The first-order chi connectivity index (χ1) is 17.7. The van der Waals surface area contributed by atoms with E-state index in [9.17, 15) is 13.2 Å². The third kappa shape index (κ3) is 6.09. The van der Waals surface area contributed by atoms with E-state index in [1.165, 1.54) is 12.1 Å². The van der Waals surface area contributed by atoms with Crippen molar-refractivity contribution < 1.29 is 31.8 Å². The Balaban J connectivity index is 1.13. The van der Waals surface area contributed by atoms with Crippen LogP contribution in [-0.2, 0) is 24.2 Å². The fourth-order valence-corrected chi connectivity index (χ4v) is 6.51. The number of nitrogens with zero attached hydrogens (tertiary/aromatic N) is 2. The zero-order valence-corrected chi connectivity index (χ0v) is 22.3. The predicted molar refractivity (Wildman–Crippen MR) is 134 cm³/mol. The van der Waals surface area contributed by atoms with Crippen molar-refractivity contribution in [2.45, 2.75) is 69.8 Å². The average molecular weight is 537 g/mol. The number of nitrogens with one attached hydrogen (secondary N) is 2. The molecule has 2 aromatic rings. The number of alkyl carbamates (subject to hydrolysis) is 1. The van der Waals surface area contributed by atoms with Crippen LogP contribution in [0.4, 0.5) is 4.79 Å². The molecular weight excluding hydrogens is 500 g/mol. The van der Waals surface area contributed by atoms with Crippen LogP contribution in [0.1, 0.15) is 45.4 Å². The standard InChI is InChI=1S/C25H36N4O7S/c1-15(2)7-10-29(28-37(31,32)19-5-6-20-21(13-19)34-16(3)27-20)9-4-8-26-25(30)36-23-18-11-17-12-22(23)35-24(17)33-14-18/h5-6,13,15,17-18,22-24,28H,4,7-12,14H2,1-3H3,(H,26,30). The normalized spacial score (nSPS) is 26.9. The fourth-order valence-electron chi connectivity index (χ4n) is 5.38. The van der Waals surface area contributed by atoms with Gasteiger partial charge in [-0.15, -0.1) is 4.83 Å². The van der Waals surface area contributed by atoms with E-state index in [0.717, 1.165) is 19.3 Å². The van der Waals surface area contributed by atoms with Gasteiger partial charge in [0.2, 0.25) is 0 Å². The minimum atomic E-state index is -3.82. The second kappa shape index (κ2) is 10.9. The first-order valence-corrected chi connectivity index (χ1v) is 14.5. The monoisotopic (exact) mass is 536 g/mol. The van der Waals surface area contributed by atoms with Crippen molar-refractivity contribution in [2.75, 3.05) is 26.2 Å². The van der Waals surface area contributed by atoms with Crippen LogP contribution in [0.2, 0.25) is 0 Å². The summed E-state index contributed by atoms with van der Waals surface area (Å²) in [6.07, 6.45) is 2.17. The lowest BCUT2D eigenvalue weighted by molar-refractivity contribution is -0.153. The van der Waals surface area contributed by atoms with Crippen molar-refractivity contribution in [1.82, 2.24) is 20.1 Å². The van der Waals surface area contributed by atoms with Gasteiger partial charge in [-0.05, 0) is 43.7 Å². The Morgan fingerprint density at radius 2 is 2.08 bits per heavy atom. The maximum Gasteiger partial charge on any atom is 0.407 e. The van der Waals surface area contributed by atoms with Crippen LogP contribution in [0.25, 0.3) is 11.1 Å². The Bertz CT molecular complexity index is 1210. The van der Waals surface area contributed by atoms with Crippen molar-refractivity contribution in [2.24, 2.45) is 17.8 Å². The van der Waals surface area contributed by atoms with E-state index in [-0.39, 0.29) is 29.3 Å². The van der Waals surface area contributed by atoms with Crippen molar-refractivity contribution >= 4 is 27.2 Å². The minimum Gasteiger partial charge on any atom is -0.443 e. The number of amides is 1. The first kappa shape index (κ1) is 26.4. The molecule has 1 aromatic carbocycles. The van der Waals surface area contributed by atoms with Gasteiger partial charge in [0, 0.05) is 44.5 Å². The first-order valence-electron chi connectivity index (χ1n) is 13.0. The summed E-state index contributed by atoms with van der Waals surface area (Å²) in [5.74, 6) is 1.47. The molecule has 1 saturated carbocycles. The van der Waals surface area contributed by atoms with E-state index in [1.54, 1.807) is 18.0 Å². The summed E-state index contributed by atoms with van der Waals surface area (Å²) in [7, 11) is -3.82. The molecule has 5 unspecified atom stereocenters. The molecule has 1 aromatic heterocycles. The van der Waals surface area contributed by atoms with Gasteiger partial charge >= 0.3 is 6.09 Å². The third-order valence-electron chi connectivity index (χ3n) is 7.26. The molecule has 2 N–H and O–H groups in total. The summed E-state index contributed by atoms with van der Waals surface area (Å²) in [6, 6.07) is 4.63. The number of hydrazine groups is 1. The molecule has 3 aliphatic rings. The Labute approximate surface area is 217 Å². The number of fused-ring (bicyclic) bond motifs is 3. The maximum absolute atomic E-state index is 13.1. The lowest BCUT2D eigenvalue weighted by atomic mass is 9.78. The highest BCUT2D eigenvalue weighted by atomic mass is 32.2. The molecule has 204 valence electrons. The molecular formula is C25H36N4O7S. The number of aryl methyl sites for hydroxylation is 1. The van der Waals surface area contributed by atoms with Gasteiger partial charge in [-0.2, -0.15) is 0 Å². The van der Waals surface area contributed by atoms with Gasteiger partial charge in [-0.25, -0.2) is 23.2 Å². The molecule has 1 aliphatic carbocycles. The summed E-state index contributed by atoms with van der Waals surface area (Å²) < 4.78 is 49.0. The van der Waals surface area contributed by atoms with Gasteiger partial charge in [-0.3, -0.25) is 0 Å². The van der Waals surface area contributed by atoms with Gasteiger partial charge < -0.3 is 23.9 Å². The number of hydrogen-bond acceptors (Lipinski definition) is 9. The van der Waals surface area contributed by atoms with Gasteiger partial charge in [0.05, 0.1) is 17.6 Å². The van der Waals surface area contributed by atoms with Crippen LogP contribution < -0.4 is 10.1 Å². The topological polar surface area (TPSA) is 132 Å². The van der Waals surface area contributed by atoms with Crippen molar-refractivity contribution in [3.05, 3.63) is 24.1 Å². The fraction of sp³-hybridized carbons (Fsp3) is 0.680. The number of carbonyl (C=O) groups is 1. The lowest BCUT2D eigenvalue weighted by Gasteiger charge is -2.36. The summed E-state index contributed by atoms with van der Waals surface area (Å²) >= 11 is 0. The molecule has 1 amide bonds. The number of hydrogen-bond donors (Lipinski definition) is 2. The molecule has 3 heterocycles. The number of aromatic nitrogens is 1. The highest BCUT2D eigenvalue weighted by Crippen LogP contribution is 2.46. The SMILES string of the molecule is Cc1nc2ccc(S(=O)(=O)NN(CCCNC(=O)OC3C4COC5OC3CC5C4)CCC(C)C)cc2o1. The molecule has 12 heteroatoms. The van der Waals surface area contributed by atoms with E-state index < -0.39 is 16.1 Å². The van der Waals surface area contributed by atoms with Crippen LogP contribution in [0.5, 0.6) is 0 Å². The number of benzene rings is 1. The summed E-state index contributed by atoms with van der Waals surface area (Å²) in [5, 5.41) is 4.49. The zero-order chi connectivity index (χ0) is 26.2. The Morgan fingerprint density at radius 3 is 2.89 bits per heavy atom. The second-order valence-corrected chi connectivity index (χ2v) is 12.3. The Kier molecular flexibility index (Phi) is 7.73. The largest absolute Gasteiger partial charge is 0.443 e. The lowest BCUT2D eigenvalue weighted by Crippen LogP contribution is -2.46. The van der Waals surface area contributed by atoms with Crippen LogP contribution in [0.3, 0.4) is 0 Å². The Morgan fingerprint density at radius 1 is 1.24 bits per heavy atom. The summed E-state index contributed by atoms with van der Waals surface area (Å²) in [6.45, 7) is 7.76. The van der Waals surface area contributed by atoms with Gasteiger partial charge in [0.25, 0.3) is 10.0 Å². The number of carbonyl (C=O) groups excluding carboxylic acids is 1. The smallest absolute Gasteiger partial charge is 0.407 e. The number of ether oxygens (including phenoxy) is 3. The molecule has 0 radical (unpaired) electrons. The molecule has 3 bridgehead atoms. The van der Waals surface area contributed by atoms with E-state index in [0.29, 0.717) is 61.5 Å². The molecule has 3 fully saturated rings. The molecule has 5 atom stereocenters. The molecule has 37 heavy (non-hydrogen) atoms. The van der Waals surface area contributed by atoms with E-state index >= 15 is 0 Å². The van der Waals surface area contributed by atoms with Crippen LogP contribution >= 0.6 is 0 Å². The Hall–Kier alpha value is -2.25. The molecule has 5 rings (SSSR count). The van der Waals surface area contributed by atoms with Crippen molar-refractivity contribution in [3.8, 4) is 0 Å². The zero-order valence-electron chi connectivity index (χ0n) is 21.5. The maximum atomic E-state index is 13.1. The highest BCUT2D eigenvalue weighted by molar-refractivity contribution is 7.89. The van der Waals surface area contributed by atoms with Crippen molar-refractivity contribution in [1.29, 1.82) is 0 Å². The van der Waals surface area contributed by atoms with Gasteiger partial charge in [0.1, 0.15) is 11.6 Å². The highest BCUT2D eigenvalue weighted by Gasteiger charge is 2.53. The van der Waals surface area contributed by atoms with Crippen LogP contribution in [0.15, 0.2) is 27.5 Å². The van der Waals surface area contributed by atoms with Gasteiger partial charge in [0.15, 0.2) is 17.8 Å². The van der Waals surface area contributed by atoms with E-state index in [4.69, 9.17) is 18.6 Å².